The number of aryl methyl sites for hydroxylation is 1. The fourth-order valence-electron chi connectivity index (χ4n) is 4.24. The van der Waals surface area contributed by atoms with Crippen LogP contribution < -0.4 is 14.4 Å². The molecule has 0 unspecified atom stereocenters. The molecule has 0 fully saturated rings. The van der Waals surface area contributed by atoms with E-state index in [9.17, 15) is 4.79 Å². The number of fused-ring (bicyclic) bond motifs is 1. The van der Waals surface area contributed by atoms with Crippen molar-refractivity contribution in [3.63, 3.8) is 0 Å². The summed E-state index contributed by atoms with van der Waals surface area (Å²) in [5, 5.41) is 0. The lowest BCUT2D eigenvalue weighted by molar-refractivity contribution is -0.118. The summed E-state index contributed by atoms with van der Waals surface area (Å²) in [7, 11) is 0. The van der Waals surface area contributed by atoms with E-state index in [1.807, 2.05) is 43.0 Å². The second-order valence-electron chi connectivity index (χ2n) is 7.64. The van der Waals surface area contributed by atoms with Gasteiger partial charge < -0.3 is 14.4 Å². The topological polar surface area (TPSA) is 38.8 Å². The fourth-order valence-corrected chi connectivity index (χ4v) is 4.24. The maximum Gasteiger partial charge on any atom is 0.232 e. The van der Waals surface area contributed by atoms with Crippen molar-refractivity contribution in [2.45, 2.75) is 39.7 Å². The first-order valence-corrected chi connectivity index (χ1v) is 11.0. The molecule has 160 valence electrons. The second-order valence-corrected chi connectivity index (χ2v) is 7.64. The lowest BCUT2D eigenvalue weighted by atomic mass is 9.86. The minimum absolute atomic E-state index is 0.0807. The van der Waals surface area contributed by atoms with Gasteiger partial charge >= 0.3 is 0 Å². The van der Waals surface area contributed by atoms with E-state index in [0.29, 0.717) is 25.4 Å². The quantitative estimate of drug-likeness (QED) is 0.495. The van der Waals surface area contributed by atoms with Crippen LogP contribution >= 0.6 is 0 Å². The van der Waals surface area contributed by atoms with Gasteiger partial charge in [0.15, 0.2) is 11.5 Å². The molecule has 1 amide bonds. The van der Waals surface area contributed by atoms with Crippen LogP contribution in [0.5, 0.6) is 11.5 Å². The number of benzene rings is 3. The first kappa shape index (κ1) is 21.0. The minimum atomic E-state index is -0.222. The molecule has 0 radical (unpaired) electrons. The smallest absolute Gasteiger partial charge is 0.232 e. The van der Waals surface area contributed by atoms with Crippen LogP contribution in [0.2, 0.25) is 0 Å². The SMILES string of the molecule is CCOc1cc2c(cc1OCC)[C@H](c1ccccc1)N(c1ccc(CC)cc1)C(=O)C2. The number of carbonyl (C=O) groups is 1. The molecule has 0 N–H and O–H groups in total. The molecule has 3 aromatic rings. The monoisotopic (exact) mass is 415 g/mol. The largest absolute Gasteiger partial charge is 0.490 e. The molecule has 1 heterocycles. The summed E-state index contributed by atoms with van der Waals surface area (Å²) in [5.41, 5.74) is 5.31. The Kier molecular flexibility index (Phi) is 6.26. The van der Waals surface area contributed by atoms with Crippen LogP contribution in [0.3, 0.4) is 0 Å². The number of nitrogens with zero attached hydrogens (tertiary/aromatic N) is 1. The van der Waals surface area contributed by atoms with Crippen LogP contribution in [0, 0.1) is 0 Å². The normalized spacial score (nSPS) is 15.5. The summed E-state index contributed by atoms with van der Waals surface area (Å²) in [6, 6.07) is 22.3. The molecule has 1 atom stereocenters. The predicted octanol–water partition coefficient (Wildman–Crippen LogP) is 5.73. The molecule has 1 aliphatic rings. The lowest BCUT2D eigenvalue weighted by Crippen LogP contribution is -2.41. The van der Waals surface area contributed by atoms with E-state index in [4.69, 9.17) is 9.47 Å². The van der Waals surface area contributed by atoms with Crippen molar-refractivity contribution in [1.82, 2.24) is 0 Å². The van der Waals surface area contributed by atoms with Gasteiger partial charge in [0.05, 0.1) is 25.7 Å². The van der Waals surface area contributed by atoms with Crippen LogP contribution in [-0.4, -0.2) is 19.1 Å². The fraction of sp³-hybridized carbons (Fsp3) is 0.296. The molecule has 4 rings (SSSR count). The Hall–Kier alpha value is -3.27. The molecule has 4 heteroatoms. The van der Waals surface area contributed by atoms with Gasteiger partial charge in [-0.3, -0.25) is 4.79 Å². The zero-order chi connectivity index (χ0) is 21.8. The highest BCUT2D eigenvalue weighted by Gasteiger charge is 2.35. The van der Waals surface area contributed by atoms with E-state index in [-0.39, 0.29) is 11.9 Å². The Morgan fingerprint density at radius 1 is 0.871 bits per heavy atom. The molecule has 0 saturated heterocycles. The molecule has 0 aromatic heterocycles. The van der Waals surface area contributed by atoms with Crippen molar-refractivity contribution in [2.24, 2.45) is 0 Å². The molecule has 0 spiro atoms. The Balaban J connectivity index is 1.89. The maximum atomic E-state index is 13.4. The Bertz CT molecular complexity index is 1040. The third kappa shape index (κ3) is 4.15. The van der Waals surface area contributed by atoms with E-state index >= 15 is 0 Å². The van der Waals surface area contributed by atoms with Crippen molar-refractivity contribution in [1.29, 1.82) is 0 Å². The number of hydrogen-bond acceptors (Lipinski definition) is 3. The van der Waals surface area contributed by atoms with Crippen LogP contribution in [0.15, 0.2) is 66.7 Å². The van der Waals surface area contributed by atoms with Crippen LogP contribution in [-0.2, 0) is 17.6 Å². The average Bonchev–Trinajstić information content (AvgIpc) is 2.80. The molecule has 1 aliphatic heterocycles. The first-order valence-electron chi connectivity index (χ1n) is 11.0. The van der Waals surface area contributed by atoms with Crippen molar-refractivity contribution in [3.8, 4) is 11.5 Å². The van der Waals surface area contributed by atoms with Crippen molar-refractivity contribution < 1.29 is 14.3 Å². The maximum absolute atomic E-state index is 13.4. The van der Waals surface area contributed by atoms with Gasteiger partial charge in [0.25, 0.3) is 0 Å². The Morgan fingerprint density at radius 2 is 1.52 bits per heavy atom. The number of amides is 1. The number of anilines is 1. The standard InChI is InChI=1S/C27H29NO3/c1-4-19-12-14-22(15-13-19)28-26(29)17-21-16-24(30-5-2)25(31-6-3)18-23(21)27(28)20-10-8-7-9-11-20/h7-16,18,27H,4-6,17H2,1-3H3/t27-/m0/s1. The summed E-state index contributed by atoms with van der Waals surface area (Å²) >= 11 is 0. The number of carbonyl (C=O) groups excluding carboxylic acids is 1. The predicted molar refractivity (Wildman–Crippen MR) is 124 cm³/mol. The van der Waals surface area contributed by atoms with Crippen molar-refractivity contribution >= 4 is 11.6 Å². The summed E-state index contributed by atoms with van der Waals surface area (Å²) in [4.78, 5) is 15.4. The van der Waals surface area contributed by atoms with Gasteiger partial charge in [-0.25, -0.2) is 0 Å². The van der Waals surface area contributed by atoms with Crippen LogP contribution in [0.1, 0.15) is 49.1 Å². The van der Waals surface area contributed by atoms with Gasteiger partial charge in [0.1, 0.15) is 0 Å². The summed E-state index contributed by atoms with van der Waals surface area (Å²) in [6.45, 7) is 7.15. The van der Waals surface area contributed by atoms with E-state index in [1.165, 1.54) is 5.56 Å². The van der Waals surface area contributed by atoms with Gasteiger partial charge in [-0.1, -0.05) is 49.4 Å². The van der Waals surface area contributed by atoms with Crippen LogP contribution in [0.25, 0.3) is 0 Å². The molecule has 3 aromatic carbocycles. The van der Waals surface area contributed by atoms with E-state index < -0.39 is 0 Å². The van der Waals surface area contributed by atoms with Gasteiger partial charge in [0.2, 0.25) is 5.91 Å². The average molecular weight is 416 g/mol. The molecule has 0 saturated carbocycles. The second kappa shape index (κ2) is 9.25. The summed E-state index contributed by atoms with van der Waals surface area (Å²) < 4.78 is 11.7. The molecular formula is C27H29NO3. The molecule has 0 aliphatic carbocycles. The summed E-state index contributed by atoms with van der Waals surface area (Å²) in [5.74, 6) is 1.50. The number of rotatable bonds is 7. The molecular weight excluding hydrogens is 386 g/mol. The van der Waals surface area contributed by atoms with Gasteiger partial charge in [-0.15, -0.1) is 0 Å². The van der Waals surface area contributed by atoms with Gasteiger partial charge in [-0.2, -0.15) is 0 Å². The molecule has 4 nitrogen and oxygen atoms in total. The highest BCUT2D eigenvalue weighted by Crippen LogP contribution is 2.43. The molecule has 31 heavy (non-hydrogen) atoms. The number of hydrogen-bond donors (Lipinski definition) is 0. The van der Waals surface area contributed by atoms with E-state index in [2.05, 4.69) is 49.4 Å². The van der Waals surface area contributed by atoms with Gasteiger partial charge in [-0.05, 0) is 66.8 Å². The minimum Gasteiger partial charge on any atom is -0.490 e. The first-order chi connectivity index (χ1) is 15.2. The van der Waals surface area contributed by atoms with Gasteiger partial charge in [0, 0.05) is 5.69 Å². The Labute approximate surface area is 184 Å². The zero-order valence-electron chi connectivity index (χ0n) is 18.4. The van der Waals surface area contributed by atoms with E-state index in [0.717, 1.165) is 34.5 Å². The third-order valence-corrected chi connectivity index (χ3v) is 5.71. The highest BCUT2D eigenvalue weighted by atomic mass is 16.5. The highest BCUT2D eigenvalue weighted by molar-refractivity contribution is 5.98. The Morgan fingerprint density at radius 3 is 2.13 bits per heavy atom. The summed E-state index contributed by atoms with van der Waals surface area (Å²) in [6.07, 6.45) is 1.30. The van der Waals surface area contributed by atoms with E-state index in [1.54, 1.807) is 0 Å². The van der Waals surface area contributed by atoms with Crippen molar-refractivity contribution in [2.75, 3.05) is 18.1 Å². The molecule has 0 bridgehead atoms. The number of ether oxygens (including phenoxy) is 2. The lowest BCUT2D eigenvalue weighted by Gasteiger charge is -2.38. The third-order valence-electron chi connectivity index (χ3n) is 5.71. The van der Waals surface area contributed by atoms with Crippen molar-refractivity contribution in [3.05, 3.63) is 89.0 Å². The zero-order valence-corrected chi connectivity index (χ0v) is 18.4. The van der Waals surface area contributed by atoms with Crippen LogP contribution in [0.4, 0.5) is 5.69 Å².